The Hall–Kier alpha value is -3.44. The highest BCUT2D eigenvalue weighted by molar-refractivity contribution is 7.20. The summed E-state index contributed by atoms with van der Waals surface area (Å²) in [6.45, 7) is 3.58. The van der Waals surface area contributed by atoms with Crippen molar-refractivity contribution in [2.75, 3.05) is 10.6 Å². The Morgan fingerprint density at radius 3 is 2.57 bits per heavy atom. The van der Waals surface area contributed by atoms with Crippen LogP contribution in [0, 0.1) is 6.92 Å². The Kier molecular flexibility index (Phi) is 7.43. The van der Waals surface area contributed by atoms with Crippen molar-refractivity contribution in [3.05, 3.63) is 62.5 Å². The minimum absolute atomic E-state index is 0.299. The van der Waals surface area contributed by atoms with Crippen molar-refractivity contribution >= 4 is 55.5 Å². The lowest BCUT2D eigenvalue weighted by molar-refractivity contribution is -0.119. The summed E-state index contributed by atoms with van der Waals surface area (Å²) in [4.78, 5) is 44.9. The van der Waals surface area contributed by atoms with E-state index in [0.717, 1.165) is 17.8 Å². The molecular formula is C26H28N6O3S2. The van der Waals surface area contributed by atoms with Gasteiger partial charge in [-0.2, -0.15) is 0 Å². The van der Waals surface area contributed by atoms with Gasteiger partial charge in [0.1, 0.15) is 15.9 Å². The second kappa shape index (κ2) is 10.9. The zero-order chi connectivity index (χ0) is 25.9. The van der Waals surface area contributed by atoms with E-state index in [9.17, 15) is 14.4 Å². The molecule has 9 nitrogen and oxygen atoms in total. The summed E-state index contributed by atoms with van der Waals surface area (Å²) >= 11 is 2.57. The second-order valence-corrected chi connectivity index (χ2v) is 11.2. The number of fused-ring (bicyclic) bond motifs is 1. The number of hydrogen-bond donors (Lipinski definition) is 2. The molecule has 0 saturated heterocycles. The van der Waals surface area contributed by atoms with Crippen LogP contribution in [-0.2, 0) is 4.79 Å². The lowest BCUT2D eigenvalue weighted by Gasteiger charge is -2.18. The number of hydrogen-bond acceptors (Lipinski definition) is 8. The van der Waals surface area contributed by atoms with Gasteiger partial charge in [0.15, 0.2) is 0 Å². The van der Waals surface area contributed by atoms with Crippen LogP contribution in [0.5, 0.6) is 0 Å². The van der Waals surface area contributed by atoms with Gasteiger partial charge in [-0.3, -0.25) is 24.3 Å². The number of aryl methyl sites for hydroxylation is 1. The zero-order valence-electron chi connectivity index (χ0n) is 20.7. The van der Waals surface area contributed by atoms with Gasteiger partial charge < -0.3 is 5.32 Å². The molecule has 1 fully saturated rings. The highest BCUT2D eigenvalue weighted by atomic mass is 32.1. The molecule has 2 N–H and O–H groups in total. The number of amides is 2. The fraction of sp³-hybridized carbons (Fsp3) is 0.385. The highest BCUT2D eigenvalue weighted by Crippen LogP contribution is 2.35. The van der Waals surface area contributed by atoms with E-state index in [1.54, 1.807) is 19.1 Å². The molecule has 1 atom stereocenters. The van der Waals surface area contributed by atoms with Crippen molar-refractivity contribution in [1.29, 1.82) is 0 Å². The maximum absolute atomic E-state index is 13.5. The number of benzene rings is 1. The van der Waals surface area contributed by atoms with E-state index in [1.807, 2.05) is 25.1 Å². The van der Waals surface area contributed by atoms with Crippen molar-refractivity contribution < 1.29 is 9.59 Å². The van der Waals surface area contributed by atoms with E-state index in [0.29, 0.717) is 43.8 Å². The summed E-state index contributed by atoms with van der Waals surface area (Å²) in [7, 11) is 0. The third-order valence-corrected chi connectivity index (χ3v) is 8.96. The van der Waals surface area contributed by atoms with Gasteiger partial charge in [-0.1, -0.05) is 55.7 Å². The lowest BCUT2D eigenvalue weighted by Crippen LogP contribution is -2.33. The zero-order valence-corrected chi connectivity index (χ0v) is 22.3. The van der Waals surface area contributed by atoms with Gasteiger partial charge in [0, 0.05) is 11.6 Å². The molecule has 1 aliphatic carbocycles. The van der Waals surface area contributed by atoms with Crippen molar-refractivity contribution in [3.63, 3.8) is 0 Å². The Bertz CT molecular complexity index is 1490. The molecule has 3 heterocycles. The number of thiophene rings is 1. The van der Waals surface area contributed by atoms with Crippen LogP contribution in [0.4, 0.5) is 10.8 Å². The van der Waals surface area contributed by atoms with Crippen LogP contribution >= 0.6 is 22.7 Å². The fourth-order valence-corrected chi connectivity index (χ4v) is 6.73. The van der Waals surface area contributed by atoms with Crippen molar-refractivity contribution in [3.8, 4) is 0 Å². The molecule has 5 rings (SSSR count). The second-order valence-electron chi connectivity index (χ2n) is 9.21. The van der Waals surface area contributed by atoms with E-state index in [4.69, 9.17) is 0 Å². The van der Waals surface area contributed by atoms with Gasteiger partial charge in [-0.15, -0.1) is 21.5 Å². The standard InChI is InChI=1S/C26H28N6O3S2/c1-3-18(21(33)29-26-31-30-23(37-26)16-10-6-4-7-11-16)32-14-27-24-19(25(32)35)15(2)20(36-24)22(34)28-17-12-8-5-9-13-17/h5,8-9,12-14,16,18H,3-4,6-7,10-11H2,1-2H3,(H,28,34)(H,29,31,33). The number of anilines is 2. The molecule has 1 aliphatic rings. The summed E-state index contributed by atoms with van der Waals surface area (Å²) < 4.78 is 1.35. The van der Waals surface area contributed by atoms with Gasteiger partial charge in [-0.05, 0) is 43.9 Å². The van der Waals surface area contributed by atoms with Crippen LogP contribution < -0.4 is 16.2 Å². The predicted molar refractivity (Wildman–Crippen MR) is 147 cm³/mol. The monoisotopic (exact) mass is 536 g/mol. The Balaban J connectivity index is 1.38. The van der Waals surface area contributed by atoms with Crippen molar-refractivity contribution in [2.45, 2.75) is 64.3 Å². The van der Waals surface area contributed by atoms with Crippen molar-refractivity contribution in [1.82, 2.24) is 19.7 Å². The average Bonchev–Trinajstić information content (AvgIpc) is 3.51. The minimum atomic E-state index is -0.771. The summed E-state index contributed by atoms with van der Waals surface area (Å²) in [5.41, 5.74) is 0.872. The van der Waals surface area contributed by atoms with Crippen LogP contribution in [0.1, 0.15) is 77.7 Å². The number of rotatable bonds is 7. The average molecular weight is 537 g/mol. The first-order chi connectivity index (χ1) is 18.0. The predicted octanol–water partition coefficient (Wildman–Crippen LogP) is 5.51. The summed E-state index contributed by atoms with van der Waals surface area (Å²) in [5.74, 6) is -0.234. The fourth-order valence-electron chi connectivity index (χ4n) is 4.78. The summed E-state index contributed by atoms with van der Waals surface area (Å²) in [5, 5.41) is 15.9. The molecule has 0 spiro atoms. The molecule has 0 radical (unpaired) electrons. The molecule has 1 unspecified atom stereocenters. The Morgan fingerprint density at radius 1 is 1.08 bits per heavy atom. The van der Waals surface area contributed by atoms with Crippen LogP contribution in [0.25, 0.3) is 10.2 Å². The maximum Gasteiger partial charge on any atom is 0.266 e. The lowest BCUT2D eigenvalue weighted by atomic mass is 9.90. The molecule has 0 bridgehead atoms. The first-order valence-corrected chi connectivity index (χ1v) is 14.1. The first kappa shape index (κ1) is 25.2. The van der Waals surface area contributed by atoms with Gasteiger partial charge in [0.25, 0.3) is 11.5 Å². The normalized spacial score (nSPS) is 15.0. The molecule has 11 heteroatoms. The molecule has 192 valence electrons. The molecule has 1 aromatic carbocycles. The van der Waals surface area contributed by atoms with Crippen LogP contribution in [0.15, 0.2) is 41.5 Å². The Labute approximate surface area is 222 Å². The highest BCUT2D eigenvalue weighted by Gasteiger charge is 2.26. The van der Waals surface area contributed by atoms with E-state index < -0.39 is 6.04 Å². The topological polar surface area (TPSA) is 119 Å². The maximum atomic E-state index is 13.5. The number of para-hydroxylation sites is 1. The number of aromatic nitrogens is 4. The molecule has 37 heavy (non-hydrogen) atoms. The van der Waals surface area contributed by atoms with Crippen molar-refractivity contribution in [2.24, 2.45) is 0 Å². The van der Waals surface area contributed by atoms with E-state index >= 15 is 0 Å². The van der Waals surface area contributed by atoms with Gasteiger partial charge in [-0.25, -0.2) is 4.98 Å². The molecular weight excluding hydrogens is 508 g/mol. The SMILES string of the molecule is CCC(C(=O)Nc1nnc(C2CCCCC2)s1)n1cnc2sc(C(=O)Nc3ccccc3)c(C)c2c1=O. The Morgan fingerprint density at radius 2 is 1.84 bits per heavy atom. The van der Waals surface area contributed by atoms with E-state index in [-0.39, 0.29) is 17.4 Å². The van der Waals surface area contributed by atoms with Crippen LogP contribution in [0.3, 0.4) is 0 Å². The molecule has 4 aromatic rings. The number of carbonyl (C=O) groups is 2. The summed E-state index contributed by atoms with van der Waals surface area (Å²) in [6, 6.07) is 8.36. The largest absolute Gasteiger partial charge is 0.321 e. The van der Waals surface area contributed by atoms with E-state index in [1.165, 1.54) is 52.8 Å². The number of nitrogens with one attached hydrogen (secondary N) is 2. The third kappa shape index (κ3) is 5.19. The molecule has 2 amide bonds. The smallest absolute Gasteiger partial charge is 0.266 e. The molecule has 1 saturated carbocycles. The summed E-state index contributed by atoms with van der Waals surface area (Å²) in [6.07, 6.45) is 7.63. The number of carbonyl (C=O) groups excluding carboxylic acids is 2. The van der Waals surface area contributed by atoms with Crippen LogP contribution in [0.2, 0.25) is 0 Å². The minimum Gasteiger partial charge on any atom is -0.321 e. The van der Waals surface area contributed by atoms with Crippen LogP contribution in [-0.4, -0.2) is 31.6 Å². The molecule has 3 aromatic heterocycles. The van der Waals surface area contributed by atoms with Gasteiger partial charge in [0.05, 0.1) is 16.6 Å². The van der Waals surface area contributed by atoms with Gasteiger partial charge in [0.2, 0.25) is 11.0 Å². The molecule has 0 aliphatic heterocycles. The third-order valence-electron chi connectivity index (χ3n) is 6.76. The number of nitrogens with zero attached hydrogens (tertiary/aromatic N) is 4. The quantitative estimate of drug-likeness (QED) is 0.322. The van der Waals surface area contributed by atoms with E-state index in [2.05, 4.69) is 25.8 Å². The van der Waals surface area contributed by atoms with Gasteiger partial charge >= 0.3 is 0 Å². The first-order valence-electron chi connectivity index (χ1n) is 12.5.